The molecule has 3 rings (SSSR count). The van der Waals surface area contributed by atoms with E-state index < -0.39 is 0 Å². The summed E-state index contributed by atoms with van der Waals surface area (Å²) in [7, 11) is 0. The van der Waals surface area contributed by atoms with Gasteiger partial charge in [-0.3, -0.25) is 0 Å². The van der Waals surface area contributed by atoms with Gasteiger partial charge in [0.25, 0.3) is 0 Å². The Morgan fingerprint density at radius 2 is 0.909 bits per heavy atom. The lowest BCUT2D eigenvalue weighted by Crippen LogP contribution is -1.85. The van der Waals surface area contributed by atoms with Crippen molar-refractivity contribution in [2.75, 3.05) is 0 Å². The van der Waals surface area contributed by atoms with Crippen LogP contribution in [0, 0.1) is 20.8 Å². The van der Waals surface area contributed by atoms with E-state index in [-0.39, 0.29) is 1.43 Å². The highest BCUT2D eigenvalue weighted by molar-refractivity contribution is 9.10. The summed E-state index contributed by atoms with van der Waals surface area (Å²) in [6.07, 6.45) is 0. The summed E-state index contributed by atoms with van der Waals surface area (Å²) in [5, 5.41) is 0. The van der Waals surface area contributed by atoms with Crippen molar-refractivity contribution in [1.29, 1.82) is 0 Å². The number of hydrogen-bond acceptors (Lipinski definition) is 0. The van der Waals surface area contributed by atoms with Gasteiger partial charge in [0.05, 0.1) is 0 Å². The second kappa shape index (κ2) is 7.95. The normalized spacial score (nSPS) is 9.82. The lowest BCUT2D eigenvalue weighted by molar-refractivity contribution is 1.41. The summed E-state index contributed by atoms with van der Waals surface area (Å²) in [5.74, 6) is 0. The Hall–Kier alpha value is -1.86. The van der Waals surface area contributed by atoms with Crippen molar-refractivity contribution in [2.45, 2.75) is 20.8 Å². The van der Waals surface area contributed by atoms with E-state index in [4.69, 9.17) is 0 Å². The number of halogens is 1. The summed E-state index contributed by atoms with van der Waals surface area (Å²) in [4.78, 5) is 0. The molecule has 1 heteroatoms. The van der Waals surface area contributed by atoms with Crippen LogP contribution in [0.4, 0.5) is 0 Å². The van der Waals surface area contributed by atoms with E-state index in [1.807, 2.05) is 18.2 Å². The van der Waals surface area contributed by atoms with Gasteiger partial charge in [-0.05, 0) is 54.7 Å². The first-order valence-corrected chi connectivity index (χ1v) is 8.21. The molecule has 3 aromatic carbocycles. The topological polar surface area (TPSA) is 0 Å². The van der Waals surface area contributed by atoms with Gasteiger partial charge in [0.15, 0.2) is 0 Å². The zero-order chi connectivity index (χ0) is 15.9. The van der Waals surface area contributed by atoms with E-state index in [0.29, 0.717) is 0 Å². The van der Waals surface area contributed by atoms with Gasteiger partial charge in [0, 0.05) is 5.90 Å². The molecule has 114 valence electrons. The van der Waals surface area contributed by atoms with Gasteiger partial charge in [-0.1, -0.05) is 82.7 Å². The van der Waals surface area contributed by atoms with Crippen LogP contribution in [0.25, 0.3) is 11.1 Å². The van der Waals surface area contributed by atoms with Crippen molar-refractivity contribution in [2.24, 2.45) is 0 Å². The highest BCUT2D eigenvalue weighted by Gasteiger charge is 2.02. The van der Waals surface area contributed by atoms with Gasteiger partial charge >= 0.3 is 0 Å². The Balaban J connectivity index is 0.000000253. The summed E-state index contributed by atoms with van der Waals surface area (Å²) in [6.45, 7) is 6.38. The second-order valence-corrected chi connectivity index (χ2v) is 6.23. The van der Waals surface area contributed by atoms with E-state index in [0.717, 1.165) is 0 Å². The molecule has 0 bridgehead atoms. The smallest absolute Gasteiger partial charge is 0.0204 e. The van der Waals surface area contributed by atoms with Crippen molar-refractivity contribution in [1.82, 2.24) is 0 Å². The number of hydrogen-bond donors (Lipinski definition) is 0. The Bertz CT molecular complexity index is 686. The molecule has 0 nitrogen and oxygen atoms in total. The third kappa shape index (κ3) is 4.32. The third-order valence-electron chi connectivity index (χ3n) is 3.66. The van der Waals surface area contributed by atoms with Crippen LogP contribution >= 0.6 is 15.9 Å². The zero-order valence-corrected chi connectivity index (χ0v) is 14.9. The fourth-order valence-electron chi connectivity index (χ4n) is 2.30. The second-order valence-electron chi connectivity index (χ2n) is 5.38. The van der Waals surface area contributed by atoms with Crippen LogP contribution in [0.15, 0.2) is 77.3 Å². The Kier molecular flexibility index (Phi) is 5.97. The first-order valence-electron chi connectivity index (χ1n) is 7.42. The van der Waals surface area contributed by atoms with E-state index >= 15 is 0 Å². The third-order valence-corrected chi connectivity index (χ3v) is 4.55. The predicted molar refractivity (Wildman–Crippen MR) is 102 cm³/mol. The molecule has 0 amide bonds. The molecule has 0 aromatic heterocycles. The van der Waals surface area contributed by atoms with Gasteiger partial charge in [-0.2, -0.15) is 0 Å². The van der Waals surface area contributed by atoms with Gasteiger partial charge in [-0.15, -0.1) is 0 Å². The van der Waals surface area contributed by atoms with Gasteiger partial charge in [-0.25, -0.2) is 0 Å². The molecule has 0 radical (unpaired) electrons. The van der Waals surface area contributed by atoms with Crippen LogP contribution < -0.4 is 0 Å². The number of benzene rings is 3. The highest BCUT2D eigenvalue weighted by Crippen LogP contribution is 2.25. The molecule has 0 aliphatic carbocycles. The van der Waals surface area contributed by atoms with Crippen molar-refractivity contribution in [3.05, 3.63) is 94.0 Å². The molecule has 0 N–H and O–H groups in total. The van der Waals surface area contributed by atoms with Gasteiger partial charge < -0.3 is 0 Å². The standard InChI is InChI=1S/C14H14.C7H7Br.H2/c1-11-7-3-5-9-13(11)14-10-6-4-8-12(14)2;1-6-4-2-3-5-7(6)8;/h3-10H,1-2H3;2-5H,1H3;1H/i;;1+1. The number of aryl methyl sites for hydroxylation is 3. The van der Waals surface area contributed by atoms with Crippen molar-refractivity contribution in [3.8, 4) is 11.1 Å². The summed E-state index contributed by atoms with van der Waals surface area (Å²) in [6, 6.07) is 25.2. The molecule has 0 fully saturated rings. The Morgan fingerprint density at radius 3 is 1.23 bits per heavy atom. The van der Waals surface area contributed by atoms with Crippen molar-refractivity contribution in [3.63, 3.8) is 0 Å². The molecule has 3 aromatic rings. The molecule has 0 aliphatic rings. The van der Waals surface area contributed by atoms with Crippen molar-refractivity contribution < 1.29 is 1.43 Å². The minimum absolute atomic E-state index is 0. The van der Waals surface area contributed by atoms with Crippen LogP contribution in [0.1, 0.15) is 18.1 Å². The first kappa shape index (κ1) is 16.5. The maximum absolute atomic E-state index is 3.40. The SMILES string of the molecule is Cc1ccccc1-c1ccccc1C.Cc1ccccc1Br.[2HH]. The molecule has 0 saturated carbocycles. The maximum atomic E-state index is 3.40. The lowest BCUT2D eigenvalue weighted by Gasteiger charge is -2.08. The Labute approximate surface area is 143 Å². The largest absolute Gasteiger partial charge is 0.0620 e. The first-order chi connectivity index (χ1) is 10.6. The van der Waals surface area contributed by atoms with Crippen LogP contribution in [-0.2, 0) is 0 Å². The van der Waals surface area contributed by atoms with E-state index in [1.165, 1.54) is 32.3 Å². The highest BCUT2D eigenvalue weighted by atomic mass is 79.9. The zero-order valence-electron chi connectivity index (χ0n) is 13.3. The van der Waals surface area contributed by atoms with Gasteiger partial charge in [0.1, 0.15) is 0 Å². The molecule has 0 saturated heterocycles. The van der Waals surface area contributed by atoms with Crippen molar-refractivity contribution >= 4 is 15.9 Å². The average molecular weight is 356 g/mol. The lowest BCUT2D eigenvalue weighted by atomic mass is 9.97. The minimum atomic E-state index is 0. The number of rotatable bonds is 1. The molecular weight excluding hydrogens is 332 g/mol. The molecule has 0 heterocycles. The summed E-state index contributed by atoms with van der Waals surface area (Å²) in [5.41, 5.74) is 6.63. The fraction of sp³-hybridized carbons (Fsp3) is 0.143. The predicted octanol–water partition coefficient (Wildman–Crippen LogP) is 6.97. The van der Waals surface area contributed by atoms with E-state index in [2.05, 4.69) is 91.3 Å². The maximum Gasteiger partial charge on any atom is 0.0204 e. The average Bonchev–Trinajstić information content (AvgIpc) is 2.52. The van der Waals surface area contributed by atoms with Gasteiger partial charge in [0.2, 0.25) is 0 Å². The summed E-state index contributed by atoms with van der Waals surface area (Å²) >= 11 is 3.40. The molecule has 0 unspecified atom stereocenters. The molecule has 0 atom stereocenters. The molecule has 22 heavy (non-hydrogen) atoms. The molecule has 0 spiro atoms. The monoisotopic (exact) mass is 355 g/mol. The molecular formula is C21H23Br. The Morgan fingerprint density at radius 1 is 0.545 bits per heavy atom. The molecule has 0 aliphatic heterocycles. The van der Waals surface area contributed by atoms with E-state index in [1.54, 1.807) is 0 Å². The minimum Gasteiger partial charge on any atom is -0.0620 e. The van der Waals surface area contributed by atoms with Crippen LogP contribution in [-0.4, -0.2) is 0 Å². The van der Waals surface area contributed by atoms with Crippen LogP contribution in [0.2, 0.25) is 0 Å². The summed E-state index contributed by atoms with van der Waals surface area (Å²) < 4.78 is 1.18. The van der Waals surface area contributed by atoms with E-state index in [9.17, 15) is 0 Å². The van der Waals surface area contributed by atoms with Crippen LogP contribution in [0.5, 0.6) is 0 Å². The quantitative estimate of drug-likeness (QED) is 0.441. The fourth-order valence-corrected chi connectivity index (χ4v) is 2.59. The van der Waals surface area contributed by atoms with Crippen LogP contribution in [0.3, 0.4) is 0 Å².